The molecule has 0 atom stereocenters. The van der Waals surface area contributed by atoms with Crippen LogP contribution in [-0.2, 0) is 10.8 Å². The fraction of sp³-hybridized carbons (Fsp3) is 0.778. The van der Waals surface area contributed by atoms with Crippen molar-refractivity contribution >= 4 is 0 Å². The quantitative estimate of drug-likeness (QED) is 0.865. The molecule has 3 N–H and O–H groups in total. The minimum atomic E-state index is 0.0700. The number of rotatable bonds is 3. The molecule has 0 aliphatic heterocycles. The van der Waals surface area contributed by atoms with Crippen LogP contribution in [0.2, 0.25) is 0 Å². The topological polar surface area (TPSA) is 41.8 Å². The summed E-state index contributed by atoms with van der Waals surface area (Å²) < 4.78 is 0. The summed E-state index contributed by atoms with van der Waals surface area (Å²) in [6.07, 6.45) is 8.84. The van der Waals surface area contributed by atoms with E-state index in [0.29, 0.717) is 12.0 Å². The number of H-pyrrole nitrogens is 1. The molecule has 1 aromatic heterocycles. The van der Waals surface area contributed by atoms with E-state index in [1.54, 1.807) is 0 Å². The summed E-state index contributed by atoms with van der Waals surface area (Å²) in [4.78, 5) is 3.78. The highest BCUT2D eigenvalue weighted by Gasteiger charge is 2.52. The smallest absolute Gasteiger partial charge is 0.0219 e. The van der Waals surface area contributed by atoms with Crippen molar-refractivity contribution in [2.45, 2.75) is 63.2 Å². The maximum absolute atomic E-state index is 5.93. The van der Waals surface area contributed by atoms with Crippen molar-refractivity contribution in [2.24, 2.45) is 23.5 Å². The summed E-state index contributed by atoms with van der Waals surface area (Å²) in [6, 6.07) is 4.67. The first-order chi connectivity index (χ1) is 9.51. The van der Waals surface area contributed by atoms with Crippen LogP contribution in [-0.4, -0.2) is 11.5 Å². The van der Waals surface area contributed by atoms with Crippen LogP contribution in [0.25, 0.3) is 0 Å². The Morgan fingerprint density at radius 1 is 1.10 bits per heavy atom. The Kier molecular flexibility index (Phi) is 2.67. The van der Waals surface area contributed by atoms with Gasteiger partial charge in [0.2, 0.25) is 0 Å². The van der Waals surface area contributed by atoms with Gasteiger partial charge in [-0.25, -0.2) is 0 Å². The highest BCUT2D eigenvalue weighted by Crippen LogP contribution is 2.60. The molecule has 2 nitrogen and oxygen atoms in total. The minimum absolute atomic E-state index is 0.0700. The molecule has 4 fully saturated rings. The number of nitrogens with two attached hydrogens (primary N) is 1. The Hall–Kier alpha value is -0.760. The number of hydrogen-bond donors (Lipinski definition) is 2. The molecule has 1 heterocycles. The van der Waals surface area contributed by atoms with Gasteiger partial charge in [-0.05, 0) is 68.4 Å². The van der Waals surface area contributed by atoms with E-state index in [-0.39, 0.29) is 5.41 Å². The lowest BCUT2D eigenvalue weighted by atomic mass is 9.49. The zero-order valence-corrected chi connectivity index (χ0v) is 12.9. The van der Waals surface area contributed by atoms with E-state index in [0.717, 1.165) is 17.8 Å². The molecule has 4 aliphatic rings. The van der Waals surface area contributed by atoms with Crippen LogP contribution in [0, 0.1) is 17.8 Å². The minimum Gasteiger partial charge on any atom is -0.361 e. The molecule has 2 heteroatoms. The molecule has 20 heavy (non-hydrogen) atoms. The van der Waals surface area contributed by atoms with E-state index in [1.807, 2.05) is 0 Å². The van der Waals surface area contributed by atoms with Gasteiger partial charge in [0.05, 0.1) is 0 Å². The fourth-order valence-corrected chi connectivity index (χ4v) is 5.65. The van der Waals surface area contributed by atoms with Crippen molar-refractivity contribution in [1.29, 1.82) is 0 Å². The molecule has 4 saturated carbocycles. The molecule has 0 radical (unpaired) electrons. The molecule has 0 unspecified atom stereocenters. The second kappa shape index (κ2) is 4.13. The highest BCUT2D eigenvalue weighted by atomic mass is 14.8. The van der Waals surface area contributed by atoms with Crippen molar-refractivity contribution in [3.8, 4) is 0 Å². The fourth-order valence-electron chi connectivity index (χ4n) is 5.65. The van der Waals surface area contributed by atoms with Crippen molar-refractivity contribution in [3.63, 3.8) is 0 Å². The first kappa shape index (κ1) is 12.9. The maximum atomic E-state index is 5.93. The summed E-state index contributed by atoms with van der Waals surface area (Å²) in [5.41, 5.74) is 9.33. The summed E-state index contributed by atoms with van der Waals surface area (Å²) in [7, 11) is 0. The third-order valence-corrected chi connectivity index (χ3v) is 6.54. The first-order valence-electron chi connectivity index (χ1n) is 8.41. The monoisotopic (exact) mass is 272 g/mol. The lowest BCUT2D eigenvalue weighted by molar-refractivity contribution is -0.00705. The Morgan fingerprint density at radius 2 is 1.65 bits per heavy atom. The van der Waals surface area contributed by atoms with Crippen LogP contribution in [0.4, 0.5) is 0 Å². The molecular weight excluding hydrogens is 244 g/mol. The van der Waals surface area contributed by atoms with E-state index in [2.05, 4.69) is 31.0 Å². The summed E-state index contributed by atoms with van der Waals surface area (Å²) >= 11 is 0. The van der Waals surface area contributed by atoms with Gasteiger partial charge in [0.1, 0.15) is 0 Å². The van der Waals surface area contributed by atoms with Gasteiger partial charge in [0.25, 0.3) is 0 Å². The van der Waals surface area contributed by atoms with Gasteiger partial charge in [0, 0.05) is 28.8 Å². The SMILES string of the molecule is CC(C)(CN)c1ccc(C23CC4CC(CC(C4)C2)C3)[nH]1. The molecule has 0 saturated heterocycles. The first-order valence-corrected chi connectivity index (χ1v) is 8.41. The number of aromatic nitrogens is 1. The van der Waals surface area contributed by atoms with E-state index in [4.69, 9.17) is 5.73 Å². The molecule has 4 aliphatic carbocycles. The molecule has 1 aromatic rings. The maximum Gasteiger partial charge on any atom is 0.0219 e. The number of hydrogen-bond acceptors (Lipinski definition) is 1. The van der Waals surface area contributed by atoms with E-state index in [9.17, 15) is 0 Å². The van der Waals surface area contributed by atoms with Crippen molar-refractivity contribution in [3.05, 3.63) is 23.5 Å². The average Bonchev–Trinajstić information content (AvgIpc) is 2.88. The van der Waals surface area contributed by atoms with Crippen molar-refractivity contribution in [1.82, 2.24) is 4.98 Å². The highest BCUT2D eigenvalue weighted by molar-refractivity contribution is 5.29. The van der Waals surface area contributed by atoms with Crippen LogP contribution >= 0.6 is 0 Å². The molecular formula is C18H28N2. The van der Waals surface area contributed by atoms with Crippen LogP contribution in [0.5, 0.6) is 0 Å². The van der Waals surface area contributed by atoms with E-state index < -0.39 is 0 Å². The van der Waals surface area contributed by atoms with Gasteiger partial charge < -0.3 is 10.7 Å². The predicted molar refractivity (Wildman–Crippen MR) is 82.7 cm³/mol. The lowest BCUT2D eigenvalue weighted by Gasteiger charge is -2.56. The second-order valence-electron chi connectivity index (χ2n) is 8.57. The standard InChI is InChI=1S/C18H28N2/c1-17(2,11-19)15-3-4-16(20-15)18-8-12-5-13(9-18)7-14(6-12)10-18/h3-4,12-14,20H,5-11,19H2,1-2H3. The summed E-state index contributed by atoms with van der Waals surface area (Å²) in [5.74, 6) is 3.03. The molecule has 4 bridgehead atoms. The molecule has 0 spiro atoms. The van der Waals surface area contributed by atoms with Crippen LogP contribution in [0.1, 0.15) is 63.8 Å². The summed E-state index contributed by atoms with van der Waals surface area (Å²) in [6.45, 7) is 5.18. The van der Waals surface area contributed by atoms with Gasteiger partial charge in [0.15, 0.2) is 0 Å². The van der Waals surface area contributed by atoms with Crippen LogP contribution < -0.4 is 5.73 Å². The molecule has 0 amide bonds. The van der Waals surface area contributed by atoms with Crippen molar-refractivity contribution in [2.75, 3.05) is 6.54 Å². The van der Waals surface area contributed by atoms with Gasteiger partial charge in [-0.2, -0.15) is 0 Å². The predicted octanol–water partition coefficient (Wildman–Crippen LogP) is 3.72. The third kappa shape index (κ3) is 1.80. The largest absolute Gasteiger partial charge is 0.361 e. The number of nitrogens with one attached hydrogen (secondary N) is 1. The Labute approximate surface area is 122 Å². The average molecular weight is 272 g/mol. The third-order valence-electron chi connectivity index (χ3n) is 6.54. The Balaban J connectivity index is 1.68. The summed E-state index contributed by atoms with van der Waals surface area (Å²) in [5, 5.41) is 0. The van der Waals surface area contributed by atoms with Crippen LogP contribution in [0.3, 0.4) is 0 Å². The molecule has 0 aromatic carbocycles. The Morgan fingerprint density at radius 3 is 2.15 bits per heavy atom. The van der Waals surface area contributed by atoms with Gasteiger partial charge >= 0.3 is 0 Å². The zero-order chi connectivity index (χ0) is 14.0. The lowest BCUT2D eigenvalue weighted by Crippen LogP contribution is -2.48. The van der Waals surface area contributed by atoms with Crippen molar-refractivity contribution < 1.29 is 0 Å². The Bertz CT molecular complexity index is 476. The molecule has 110 valence electrons. The number of aromatic amines is 1. The molecule has 5 rings (SSSR count). The van der Waals surface area contributed by atoms with Gasteiger partial charge in [-0.1, -0.05) is 13.8 Å². The normalized spacial score (nSPS) is 39.5. The van der Waals surface area contributed by atoms with E-state index in [1.165, 1.54) is 49.9 Å². The van der Waals surface area contributed by atoms with Crippen LogP contribution in [0.15, 0.2) is 12.1 Å². The van der Waals surface area contributed by atoms with Gasteiger partial charge in [-0.3, -0.25) is 0 Å². The van der Waals surface area contributed by atoms with Gasteiger partial charge in [-0.15, -0.1) is 0 Å². The van der Waals surface area contributed by atoms with E-state index >= 15 is 0 Å². The second-order valence-corrected chi connectivity index (χ2v) is 8.57. The zero-order valence-electron chi connectivity index (χ0n) is 12.9.